The average molecular weight is 300 g/mol. The van der Waals surface area contributed by atoms with Gasteiger partial charge in [-0.15, -0.1) is 0 Å². The highest BCUT2D eigenvalue weighted by Gasteiger charge is 2.30. The van der Waals surface area contributed by atoms with E-state index in [-0.39, 0.29) is 16.6 Å². The highest BCUT2D eigenvalue weighted by atomic mass is 32.2. The van der Waals surface area contributed by atoms with Gasteiger partial charge >= 0.3 is 0 Å². The number of nitrogens with two attached hydrogens (primary N) is 1. The molecule has 1 aliphatic carbocycles. The molecular weight excluding hydrogens is 279 g/mol. The highest BCUT2D eigenvalue weighted by Crippen LogP contribution is 2.30. The molecule has 20 heavy (non-hydrogen) atoms. The van der Waals surface area contributed by atoms with Crippen LogP contribution in [-0.2, 0) is 10.0 Å². The van der Waals surface area contributed by atoms with Gasteiger partial charge in [-0.2, -0.15) is 4.31 Å². The lowest BCUT2D eigenvalue weighted by molar-refractivity contribution is 0.246. The van der Waals surface area contributed by atoms with Gasteiger partial charge in [0.05, 0.1) is 10.6 Å². The molecule has 4 nitrogen and oxygen atoms in total. The first-order valence-electron chi connectivity index (χ1n) is 6.85. The summed E-state index contributed by atoms with van der Waals surface area (Å²) < 4.78 is 39.6. The molecule has 1 aliphatic rings. The van der Waals surface area contributed by atoms with Crippen molar-refractivity contribution in [2.45, 2.75) is 43.5 Å². The van der Waals surface area contributed by atoms with E-state index in [2.05, 4.69) is 6.92 Å². The minimum absolute atomic E-state index is 0.0162. The summed E-state index contributed by atoms with van der Waals surface area (Å²) in [6.07, 6.45) is 3.81. The van der Waals surface area contributed by atoms with Crippen LogP contribution in [0.25, 0.3) is 0 Å². The number of halogens is 1. The fourth-order valence-electron chi connectivity index (χ4n) is 2.65. The topological polar surface area (TPSA) is 63.4 Å². The summed E-state index contributed by atoms with van der Waals surface area (Å²) >= 11 is 0. The van der Waals surface area contributed by atoms with Crippen LogP contribution < -0.4 is 5.73 Å². The van der Waals surface area contributed by atoms with Crippen molar-refractivity contribution < 1.29 is 12.8 Å². The highest BCUT2D eigenvalue weighted by molar-refractivity contribution is 7.89. The van der Waals surface area contributed by atoms with Crippen LogP contribution in [-0.4, -0.2) is 25.8 Å². The van der Waals surface area contributed by atoms with Crippen molar-refractivity contribution in [2.75, 3.05) is 12.8 Å². The van der Waals surface area contributed by atoms with Crippen LogP contribution in [0.3, 0.4) is 0 Å². The van der Waals surface area contributed by atoms with Gasteiger partial charge in [-0.3, -0.25) is 0 Å². The molecule has 0 aliphatic heterocycles. The Balaban J connectivity index is 2.23. The normalized spacial score (nSPS) is 24.0. The third kappa shape index (κ3) is 2.96. The van der Waals surface area contributed by atoms with Crippen molar-refractivity contribution in [1.82, 2.24) is 4.31 Å². The SMILES string of the molecule is CC1CCC(N(C)S(=O)(=O)c2ccc(F)c(N)c2)CC1. The Kier molecular flexibility index (Phi) is 4.34. The van der Waals surface area contributed by atoms with Crippen molar-refractivity contribution in [2.24, 2.45) is 5.92 Å². The van der Waals surface area contributed by atoms with E-state index in [1.807, 2.05) is 0 Å². The number of nitrogen functional groups attached to an aromatic ring is 1. The Morgan fingerprint density at radius 3 is 2.40 bits per heavy atom. The van der Waals surface area contributed by atoms with Gasteiger partial charge < -0.3 is 5.73 Å². The largest absolute Gasteiger partial charge is 0.396 e. The van der Waals surface area contributed by atoms with Gasteiger partial charge in [0.25, 0.3) is 0 Å². The molecule has 1 saturated carbocycles. The van der Waals surface area contributed by atoms with Gasteiger partial charge in [0.2, 0.25) is 10.0 Å². The molecule has 0 atom stereocenters. The first-order valence-corrected chi connectivity index (χ1v) is 8.29. The number of nitrogens with zero attached hydrogens (tertiary/aromatic N) is 1. The van der Waals surface area contributed by atoms with E-state index >= 15 is 0 Å². The molecule has 0 saturated heterocycles. The quantitative estimate of drug-likeness (QED) is 0.873. The third-order valence-electron chi connectivity index (χ3n) is 4.14. The van der Waals surface area contributed by atoms with E-state index in [0.29, 0.717) is 5.92 Å². The number of hydrogen-bond acceptors (Lipinski definition) is 3. The lowest BCUT2D eigenvalue weighted by Gasteiger charge is -2.32. The fraction of sp³-hybridized carbons (Fsp3) is 0.571. The minimum Gasteiger partial charge on any atom is -0.396 e. The minimum atomic E-state index is -3.61. The Morgan fingerprint density at radius 2 is 1.85 bits per heavy atom. The van der Waals surface area contributed by atoms with E-state index in [9.17, 15) is 12.8 Å². The lowest BCUT2D eigenvalue weighted by atomic mass is 9.87. The number of hydrogen-bond donors (Lipinski definition) is 1. The van der Waals surface area contributed by atoms with Gasteiger partial charge in [0.15, 0.2) is 0 Å². The fourth-order valence-corrected chi connectivity index (χ4v) is 4.10. The van der Waals surface area contributed by atoms with Crippen molar-refractivity contribution in [3.05, 3.63) is 24.0 Å². The molecule has 0 spiro atoms. The molecule has 0 radical (unpaired) electrons. The second-order valence-corrected chi connectivity index (χ2v) is 7.62. The average Bonchev–Trinajstić information content (AvgIpc) is 2.41. The summed E-state index contributed by atoms with van der Waals surface area (Å²) in [6.45, 7) is 2.19. The van der Waals surface area contributed by atoms with Crippen molar-refractivity contribution in [3.8, 4) is 0 Å². The summed E-state index contributed by atoms with van der Waals surface area (Å²) in [5.74, 6) is 0.0573. The first-order chi connectivity index (χ1) is 9.32. The maximum absolute atomic E-state index is 13.2. The van der Waals surface area contributed by atoms with E-state index < -0.39 is 15.8 Å². The summed E-state index contributed by atoms with van der Waals surface area (Å²) in [5.41, 5.74) is 5.31. The molecule has 0 heterocycles. The number of sulfonamides is 1. The summed E-state index contributed by atoms with van der Waals surface area (Å²) in [4.78, 5) is 0.0533. The van der Waals surface area contributed by atoms with Crippen LogP contribution >= 0.6 is 0 Å². The maximum atomic E-state index is 13.2. The van der Waals surface area contributed by atoms with Gasteiger partial charge in [0, 0.05) is 13.1 Å². The van der Waals surface area contributed by atoms with Crippen molar-refractivity contribution in [3.63, 3.8) is 0 Å². The van der Waals surface area contributed by atoms with Crippen LogP contribution in [0.5, 0.6) is 0 Å². The van der Waals surface area contributed by atoms with E-state index in [4.69, 9.17) is 5.73 Å². The van der Waals surface area contributed by atoms with E-state index in [1.54, 1.807) is 7.05 Å². The molecule has 1 aromatic rings. The Bertz CT molecular complexity index is 581. The Morgan fingerprint density at radius 1 is 1.25 bits per heavy atom. The predicted molar refractivity (Wildman–Crippen MR) is 77.2 cm³/mol. The number of benzene rings is 1. The van der Waals surface area contributed by atoms with Gasteiger partial charge in [0.1, 0.15) is 5.82 Å². The van der Waals surface area contributed by atoms with Crippen LogP contribution in [0.1, 0.15) is 32.6 Å². The monoisotopic (exact) mass is 300 g/mol. The molecule has 6 heteroatoms. The van der Waals surface area contributed by atoms with E-state index in [1.165, 1.54) is 16.4 Å². The van der Waals surface area contributed by atoms with Gasteiger partial charge in [-0.25, -0.2) is 12.8 Å². The second-order valence-electron chi connectivity index (χ2n) is 5.62. The smallest absolute Gasteiger partial charge is 0.243 e. The zero-order chi connectivity index (χ0) is 14.9. The molecule has 1 aromatic carbocycles. The van der Waals surface area contributed by atoms with Crippen LogP contribution in [0.2, 0.25) is 0 Å². The second kappa shape index (κ2) is 5.69. The molecule has 0 amide bonds. The summed E-state index contributed by atoms with van der Waals surface area (Å²) in [5, 5.41) is 0. The molecule has 0 unspecified atom stereocenters. The van der Waals surface area contributed by atoms with Crippen LogP contribution in [0, 0.1) is 11.7 Å². The molecule has 0 bridgehead atoms. The number of rotatable bonds is 3. The summed E-state index contributed by atoms with van der Waals surface area (Å²) in [6, 6.07) is 3.57. The Labute approximate surface area is 119 Å². The maximum Gasteiger partial charge on any atom is 0.243 e. The molecule has 0 aromatic heterocycles. The van der Waals surface area contributed by atoms with E-state index in [0.717, 1.165) is 31.7 Å². The van der Waals surface area contributed by atoms with Crippen molar-refractivity contribution >= 4 is 15.7 Å². The molecular formula is C14H21FN2O2S. The first kappa shape index (κ1) is 15.3. The lowest BCUT2D eigenvalue weighted by Crippen LogP contribution is -2.39. The van der Waals surface area contributed by atoms with Crippen LogP contribution in [0.4, 0.5) is 10.1 Å². The predicted octanol–water partition coefficient (Wildman–Crippen LogP) is 2.61. The summed E-state index contributed by atoms with van der Waals surface area (Å²) in [7, 11) is -2.02. The molecule has 2 N–H and O–H groups in total. The Hall–Kier alpha value is -1.14. The zero-order valence-electron chi connectivity index (χ0n) is 11.8. The third-order valence-corrected chi connectivity index (χ3v) is 6.05. The van der Waals surface area contributed by atoms with Crippen LogP contribution in [0.15, 0.2) is 23.1 Å². The standard InChI is InChI=1S/C14H21FN2O2S/c1-10-3-5-11(6-4-10)17(2)20(18,19)12-7-8-13(15)14(16)9-12/h7-11H,3-6,16H2,1-2H3. The van der Waals surface area contributed by atoms with Gasteiger partial charge in [-0.1, -0.05) is 6.92 Å². The van der Waals surface area contributed by atoms with Crippen molar-refractivity contribution in [1.29, 1.82) is 0 Å². The number of anilines is 1. The molecule has 1 fully saturated rings. The van der Waals surface area contributed by atoms with Gasteiger partial charge in [-0.05, 0) is 49.8 Å². The molecule has 112 valence electrons. The molecule has 2 rings (SSSR count). The zero-order valence-corrected chi connectivity index (χ0v) is 12.7.